The van der Waals surface area contributed by atoms with Gasteiger partial charge in [-0.05, 0) is 32.8 Å². The Balaban J connectivity index is 1.43. The second-order valence-corrected chi connectivity index (χ2v) is 8.29. The maximum absolute atomic E-state index is 4.92. The van der Waals surface area contributed by atoms with E-state index in [1.54, 1.807) is 11.8 Å². The van der Waals surface area contributed by atoms with Crippen LogP contribution in [0.2, 0.25) is 0 Å². The van der Waals surface area contributed by atoms with Crippen LogP contribution in [-0.2, 0) is 6.54 Å². The minimum atomic E-state index is 0.975. The van der Waals surface area contributed by atoms with E-state index < -0.39 is 0 Å². The second-order valence-electron chi connectivity index (χ2n) is 7.20. The highest BCUT2D eigenvalue weighted by Gasteiger charge is 2.14. The van der Waals surface area contributed by atoms with Crippen LogP contribution in [0.3, 0.4) is 0 Å². The van der Waals surface area contributed by atoms with Crippen LogP contribution in [0, 0.1) is 13.8 Å². The lowest BCUT2D eigenvalue weighted by Gasteiger charge is -2.03. The first kappa shape index (κ1) is 19.5. The molecule has 0 radical (unpaired) electrons. The molecular weight excluding hydrogens is 376 g/mol. The highest BCUT2D eigenvalue weighted by Crippen LogP contribution is 2.32. The first-order valence-electron chi connectivity index (χ1n) is 10.1. The minimum absolute atomic E-state index is 0.975. The maximum atomic E-state index is 4.92. The normalized spacial score (nSPS) is 11.1. The van der Waals surface area contributed by atoms with E-state index in [1.807, 2.05) is 19.1 Å². The van der Waals surface area contributed by atoms with Gasteiger partial charge in [0.25, 0.3) is 0 Å². The SMILES string of the molecule is Cc1cc(C)n(CCCCSc2nc(-c3ccccc3)c(-c3ccccc3)[nH]2)n1. The molecule has 0 aliphatic carbocycles. The fourth-order valence-electron chi connectivity index (χ4n) is 3.47. The van der Waals surface area contributed by atoms with Crippen LogP contribution >= 0.6 is 11.8 Å². The van der Waals surface area contributed by atoms with Crippen molar-refractivity contribution < 1.29 is 0 Å². The zero-order valence-corrected chi connectivity index (χ0v) is 17.7. The molecule has 2 aromatic carbocycles. The molecule has 0 bridgehead atoms. The fraction of sp³-hybridized carbons (Fsp3) is 0.250. The van der Waals surface area contributed by atoms with Crippen molar-refractivity contribution in [3.8, 4) is 22.5 Å². The number of aryl methyl sites for hydroxylation is 3. The molecule has 5 heteroatoms. The van der Waals surface area contributed by atoms with Gasteiger partial charge >= 0.3 is 0 Å². The van der Waals surface area contributed by atoms with E-state index in [9.17, 15) is 0 Å². The zero-order valence-electron chi connectivity index (χ0n) is 16.9. The predicted molar refractivity (Wildman–Crippen MR) is 121 cm³/mol. The summed E-state index contributed by atoms with van der Waals surface area (Å²) in [5.74, 6) is 1.04. The average Bonchev–Trinajstić information content (AvgIpc) is 3.32. The number of hydrogen-bond acceptors (Lipinski definition) is 3. The van der Waals surface area contributed by atoms with Crippen LogP contribution in [0.5, 0.6) is 0 Å². The number of thioether (sulfide) groups is 1. The molecule has 1 N–H and O–H groups in total. The Morgan fingerprint density at radius 3 is 2.24 bits per heavy atom. The third-order valence-corrected chi connectivity index (χ3v) is 5.86. The van der Waals surface area contributed by atoms with Gasteiger partial charge in [0.15, 0.2) is 5.16 Å². The van der Waals surface area contributed by atoms with Crippen molar-refractivity contribution in [3.63, 3.8) is 0 Å². The van der Waals surface area contributed by atoms with Crippen molar-refractivity contribution in [3.05, 3.63) is 78.1 Å². The number of H-pyrrole nitrogens is 1. The number of rotatable bonds is 8. The van der Waals surface area contributed by atoms with Crippen molar-refractivity contribution in [1.82, 2.24) is 19.7 Å². The quantitative estimate of drug-likeness (QED) is 0.285. The minimum Gasteiger partial charge on any atom is -0.332 e. The summed E-state index contributed by atoms with van der Waals surface area (Å²) in [6.07, 6.45) is 2.25. The summed E-state index contributed by atoms with van der Waals surface area (Å²) < 4.78 is 2.11. The van der Waals surface area contributed by atoms with Crippen LogP contribution < -0.4 is 0 Å². The number of nitrogens with zero attached hydrogens (tertiary/aromatic N) is 3. The fourth-order valence-corrected chi connectivity index (χ4v) is 4.34. The van der Waals surface area contributed by atoms with Gasteiger partial charge in [-0.2, -0.15) is 5.10 Å². The molecule has 0 aliphatic heterocycles. The topological polar surface area (TPSA) is 46.5 Å². The molecule has 4 aromatic rings. The molecule has 4 rings (SSSR count). The number of aromatic amines is 1. The largest absolute Gasteiger partial charge is 0.332 e. The lowest BCUT2D eigenvalue weighted by atomic mass is 10.1. The van der Waals surface area contributed by atoms with E-state index in [1.165, 1.54) is 5.69 Å². The number of aromatic nitrogens is 4. The summed E-state index contributed by atoms with van der Waals surface area (Å²) >= 11 is 1.79. The van der Waals surface area contributed by atoms with Crippen LogP contribution in [0.1, 0.15) is 24.2 Å². The van der Waals surface area contributed by atoms with Crippen LogP contribution in [0.4, 0.5) is 0 Å². The predicted octanol–water partition coefficient (Wildman–Crippen LogP) is 6.13. The Kier molecular flexibility index (Phi) is 6.15. The van der Waals surface area contributed by atoms with Crippen molar-refractivity contribution in [2.24, 2.45) is 0 Å². The molecular formula is C24H26N4S. The van der Waals surface area contributed by atoms with Crippen LogP contribution in [0.25, 0.3) is 22.5 Å². The summed E-state index contributed by atoms with van der Waals surface area (Å²) in [6.45, 7) is 5.14. The third kappa shape index (κ3) is 4.80. The van der Waals surface area contributed by atoms with Crippen molar-refractivity contribution >= 4 is 11.8 Å². The monoisotopic (exact) mass is 402 g/mol. The van der Waals surface area contributed by atoms with Crippen molar-refractivity contribution in [2.75, 3.05) is 5.75 Å². The van der Waals surface area contributed by atoms with Crippen LogP contribution in [-0.4, -0.2) is 25.5 Å². The molecule has 0 amide bonds. The van der Waals surface area contributed by atoms with Gasteiger partial charge in [-0.25, -0.2) is 4.98 Å². The molecule has 29 heavy (non-hydrogen) atoms. The van der Waals surface area contributed by atoms with Crippen molar-refractivity contribution in [2.45, 2.75) is 38.4 Å². The Bertz CT molecular complexity index is 994. The van der Waals surface area contributed by atoms with E-state index in [2.05, 4.69) is 76.3 Å². The second kappa shape index (κ2) is 9.14. The third-order valence-electron chi connectivity index (χ3n) is 4.90. The molecule has 148 valence electrons. The Labute approximate surface area is 176 Å². The molecule has 0 unspecified atom stereocenters. The maximum Gasteiger partial charge on any atom is 0.166 e. The molecule has 0 saturated heterocycles. The van der Waals surface area contributed by atoms with Gasteiger partial charge in [-0.3, -0.25) is 4.68 Å². The van der Waals surface area contributed by atoms with E-state index >= 15 is 0 Å². The number of imidazole rings is 1. The van der Waals surface area contributed by atoms with Gasteiger partial charge in [-0.15, -0.1) is 0 Å². The highest BCUT2D eigenvalue weighted by molar-refractivity contribution is 7.99. The van der Waals surface area contributed by atoms with E-state index in [0.29, 0.717) is 0 Å². The molecule has 0 fully saturated rings. The van der Waals surface area contributed by atoms with E-state index in [0.717, 1.165) is 58.5 Å². The summed E-state index contributed by atoms with van der Waals surface area (Å²) in [6, 6.07) is 23.0. The molecule has 4 nitrogen and oxygen atoms in total. The van der Waals surface area contributed by atoms with Crippen molar-refractivity contribution in [1.29, 1.82) is 0 Å². The standard InChI is InChI=1S/C24H26N4S/c1-18-17-19(2)28(27-18)15-9-10-16-29-24-25-22(20-11-5-3-6-12-20)23(26-24)21-13-7-4-8-14-21/h3-8,11-14,17H,9-10,15-16H2,1-2H3,(H,25,26). The van der Waals surface area contributed by atoms with Crippen LogP contribution in [0.15, 0.2) is 71.9 Å². The summed E-state index contributed by atoms with van der Waals surface area (Å²) in [5, 5.41) is 5.52. The number of nitrogens with one attached hydrogen (secondary N) is 1. The number of unbranched alkanes of at least 4 members (excludes halogenated alkanes) is 1. The highest BCUT2D eigenvalue weighted by atomic mass is 32.2. The first-order valence-corrected chi connectivity index (χ1v) is 11.0. The summed E-state index contributed by atoms with van der Waals surface area (Å²) in [4.78, 5) is 8.47. The molecule has 0 aliphatic rings. The first-order chi connectivity index (χ1) is 14.2. The van der Waals surface area contributed by atoms with Gasteiger partial charge in [0.1, 0.15) is 0 Å². The average molecular weight is 403 g/mol. The lowest BCUT2D eigenvalue weighted by molar-refractivity contribution is 0.557. The van der Waals surface area contributed by atoms with Gasteiger partial charge in [0.05, 0.1) is 17.1 Å². The summed E-state index contributed by atoms with van der Waals surface area (Å²) in [5.41, 5.74) is 6.73. The number of hydrogen-bond donors (Lipinski definition) is 1. The molecule has 0 saturated carbocycles. The molecule has 2 heterocycles. The summed E-state index contributed by atoms with van der Waals surface area (Å²) in [7, 11) is 0. The Morgan fingerprint density at radius 2 is 1.59 bits per heavy atom. The Hall–Kier alpha value is -2.79. The zero-order chi connectivity index (χ0) is 20.1. The Morgan fingerprint density at radius 1 is 0.897 bits per heavy atom. The number of benzene rings is 2. The molecule has 0 spiro atoms. The van der Waals surface area contributed by atoms with Gasteiger partial charge < -0.3 is 4.98 Å². The van der Waals surface area contributed by atoms with Gasteiger partial charge in [0, 0.05) is 29.1 Å². The van der Waals surface area contributed by atoms with Gasteiger partial charge in [-0.1, -0.05) is 72.4 Å². The van der Waals surface area contributed by atoms with E-state index in [-0.39, 0.29) is 0 Å². The smallest absolute Gasteiger partial charge is 0.166 e. The van der Waals surface area contributed by atoms with Gasteiger partial charge in [0.2, 0.25) is 0 Å². The lowest BCUT2D eigenvalue weighted by Crippen LogP contribution is -2.02. The molecule has 0 atom stereocenters. The molecule has 2 aromatic heterocycles. The van der Waals surface area contributed by atoms with E-state index in [4.69, 9.17) is 4.98 Å².